The van der Waals surface area contributed by atoms with Gasteiger partial charge in [-0.15, -0.1) is 11.3 Å². The first-order chi connectivity index (χ1) is 8.26. The lowest BCUT2D eigenvalue weighted by molar-refractivity contribution is 0.341. The zero-order valence-corrected chi connectivity index (χ0v) is 10.5. The Hall–Kier alpha value is -1.86. The van der Waals surface area contributed by atoms with Gasteiger partial charge in [-0.25, -0.2) is 4.98 Å². The van der Waals surface area contributed by atoms with Crippen LogP contribution in [0, 0.1) is 18.3 Å². The lowest BCUT2D eigenvalue weighted by Crippen LogP contribution is -1.93. The molecule has 1 aromatic heterocycles. The molecule has 2 aromatic rings. The van der Waals surface area contributed by atoms with Crippen LogP contribution in [-0.2, 0) is 0 Å². The molecule has 0 N–H and O–H groups in total. The smallest absolute Gasteiger partial charge is 0.129 e. The van der Waals surface area contributed by atoms with E-state index in [1.807, 2.05) is 38.1 Å². The summed E-state index contributed by atoms with van der Waals surface area (Å²) in [6, 6.07) is 9.91. The van der Waals surface area contributed by atoms with Crippen LogP contribution in [0.25, 0.3) is 10.6 Å². The Balaban J connectivity index is 2.49. The summed E-state index contributed by atoms with van der Waals surface area (Å²) in [6.45, 7) is 4.42. The number of nitrogens with zero attached hydrogens (tertiary/aromatic N) is 2. The molecule has 2 rings (SSSR count). The predicted octanol–water partition coefficient (Wildman–Crippen LogP) is 3.39. The Morgan fingerprint density at radius 1 is 1.41 bits per heavy atom. The Kier molecular flexibility index (Phi) is 3.40. The number of ether oxygens (including phenoxy) is 1. The van der Waals surface area contributed by atoms with Crippen molar-refractivity contribution in [1.29, 1.82) is 5.26 Å². The van der Waals surface area contributed by atoms with Gasteiger partial charge >= 0.3 is 0 Å². The van der Waals surface area contributed by atoms with Gasteiger partial charge in [-0.3, -0.25) is 0 Å². The van der Waals surface area contributed by atoms with E-state index in [1.54, 1.807) is 0 Å². The molecule has 1 heterocycles. The van der Waals surface area contributed by atoms with Crippen LogP contribution in [0.1, 0.15) is 17.5 Å². The number of rotatable bonds is 3. The van der Waals surface area contributed by atoms with Gasteiger partial charge in [-0.05, 0) is 26.0 Å². The van der Waals surface area contributed by atoms with Gasteiger partial charge < -0.3 is 4.74 Å². The Labute approximate surface area is 104 Å². The van der Waals surface area contributed by atoms with Crippen LogP contribution in [0.4, 0.5) is 0 Å². The van der Waals surface area contributed by atoms with Gasteiger partial charge in [-0.2, -0.15) is 5.26 Å². The van der Waals surface area contributed by atoms with Crippen molar-refractivity contribution in [3.05, 3.63) is 34.8 Å². The molecule has 0 fully saturated rings. The highest BCUT2D eigenvalue weighted by Crippen LogP contribution is 2.33. The first kappa shape index (κ1) is 11.6. The second kappa shape index (κ2) is 4.98. The molecule has 0 aliphatic rings. The largest absolute Gasteiger partial charge is 0.493 e. The predicted molar refractivity (Wildman–Crippen MR) is 68.2 cm³/mol. The molecule has 0 bridgehead atoms. The number of thiazole rings is 1. The van der Waals surface area contributed by atoms with Gasteiger partial charge in [0.05, 0.1) is 17.9 Å². The zero-order chi connectivity index (χ0) is 12.3. The highest BCUT2D eigenvalue weighted by Gasteiger charge is 2.12. The third-order valence-electron chi connectivity index (χ3n) is 2.32. The van der Waals surface area contributed by atoms with Gasteiger partial charge in [-0.1, -0.05) is 12.1 Å². The average Bonchev–Trinajstić information content (AvgIpc) is 2.71. The Bertz CT molecular complexity index is 569. The summed E-state index contributed by atoms with van der Waals surface area (Å²) in [5, 5.41) is 9.78. The molecule has 17 heavy (non-hydrogen) atoms. The van der Waals surface area contributed by atoms with E-state index in [0.29, 0.717) is 11.5 Å². The fourth-order valence-corrected chi connectivity index (χ4v) is 2.43. The van der Waals surface area contributed by atoms with E-state index in [0.717, 1.165) is 22.0 Å². The summed E-state index contributed by atoms with van der Waals surface area (Å²) >= 11 is 1.40. The lowest BCUT2D eigenvalue weighted by Gasteiger charge is -2.06. The van der Waals surface area contributed by atoms with Crippen LogP contribution in [0.5, 0.6) is 5.75 Å². The Morgan fingerprint density at radius 2 is 2.18 bits per heavy atom. The van der Waals surface area contributed by atoms with Crippen LogP contribution < -0.4 is 4.74 Å². The quantitative estimate of drug-likeness (QED) is 0.831. The second-order valence-corrected chi connectivity index (χ2v) is 4.47. The fourth-order valence-electron chi connectivity index (χ4n) is 1.54. The van der Waals surface area contributed by atoms with Crippen molar-refractivity contribution in [1.82, 2.24) is 4.98 Å². The number of benzene rings is 1. The van der Waals surface area contributed by atoms with Gasteiger partial charge in [0, 0.05) is 0 Å². The summed E-state index contributed by atoms with van der Waals surface area (Å²) < 4.78 is 5.56. The summed E-state index contributed by atoms with van der Waals surface area (Å²) in [7, 11) is 0. The molecule has 4 heteroatoms. The van der Waals surface area contributed by atoms with Crippen LogP contribution >= 0.6 is 11.3 Å². The summed E-state index contributed by atoms with van der Waals surface area (Å²) in [4.78, 5) is 5.07. The van der Waals surface area contributed by atoms with Crippen LogP contribution in [0.15, 0.2) is 24.3 Å². The minimum Gasteiger partial charge on any atom is -0.493 e. The van der Waals surface area contributed by atoms with Gasteiger partial charge in [0.2, 0.25) is 0 Å². The molecule has 86 valence electrons. The molecule has 0 aliphatic heterocycles. The molecule has 0 spiro atoms. The minimum absolute atomic E-state index is 0.618. The maximum atomic E-state index is 8.94. The molecule has 0 aliphatic carbocycles. The van der Waals surface area contributed by atoms with Crippen molar-refractivity contribution in [3.8, 4) is 22.4 Å². The summed E-state index contributed by atoms with van der Waals surface area (Å²) in [5.41, 5.74) is 1.72. The van der Waals surface area contributed by atoms with Crippen LogP contribution in [0.2, 0.25) is 0 Å². The van der Waals surface area contributed by atoms with E-state index in [9.17, 15) is 0 Å². The highest BCUT2D eigenvalue weighted by molar-refractivity contribution is 7.15. The fraction of sp³-hybridized carbons (Fsp3) is 0.231. The third-order valence-corrected chi connectivity index (χ3v) is 3.41. The van der Waals surface area contributed by atoms with E-state index < -0.39 is 0 Å². The van der Waals surface area contributed by atoms with Crippen LogP contribution in [-0.4, -0.2) is 11.6 Å². The summed E-state index contributed by atoms with van der Waals surface area (Å²) in [6.07, 6.45) is 0. The van der Waals surface area contributed by atoms with E-state index in [2.05, 4.69) is 11.1 Å². The Morgan fingerprint density at radius 3 is 2.82 bits per heavy atom. The van der Waals surface area contributed by atoms with Crippen LogP contribution in [0.3, 0.4) is 0 Å². The second-order valence-electron chi connectivity index (χ2n) is 3.47. The molecule has 0 amide bonds. The number of nitriles is 1. The first-order valence-corrected chi connectivity index (χ1v) is 6.17. The molecule has 0 atom stereocenters. The molecule has 0 unspecified atom stereocenters. The topological polar surface area (TPSA) is 45.9 Å². The molecule has 0 saturated carbocycles. The molecular weight excluding hydrogens is 232 g/mol. The van der Waals surface area contributed by atoms with Crippen molar-refractivity contribution in [3.63, 3.8) is 0 Å². The van der Waals surface area contributed by atoms with E-state index in [-0.39, 0.29) is 0 Å². The minimum atomic E-state index is 0.618. The van der Waals surface area contributed by atoms with Gasteiger partial charge in [0.15, 0.2) is 0 Å². The number of aromatic nitrogens is 1. The van der Waals surface area contributed by atoms with Gasteiger partial charge in [0.25, 0.3) is 0 Å². The van der Waals surface area contributed by atoms with Crippen molar-refractivity contribution >= 4 is 11.3 Å². The monoisotopic (exact) mass is 244 g/mol. The van der Waals surface area contributed by atoms with Crippen molar-refractivity contribution in [2.24, 2.45) is 0 Å². The molecular formula is C13H12N2OS. The summed E-state index contributed by atoms with van der Waals surface area (Å²) in [5.74, 6) is 0.813. The zero-order valence-electron chi connectivity index (χ0n) is 9.73. The standard InChI is InChI=1S/C13H12N2OS/c1-3-16-11-7-5-4-6-10(11)13-15-9(2)12(8-14)17-13/h4-7H,3H2,1-2H3. The number of hydrogen-bond donors (Lipinski definition) is 0. The molecule has 0 saturated heterocycles. The van der Waals surface area contributed by atoms with E-state index in [4.69, 9.17) is 10.00 Å². The lowest BCUT2D eigenvalue weighted by atomic mass is 10.2. The normalized spacial score (nSPS) is 9.94. The maximum absolute atomic E-state index is 8.94. The third kappa shape index (κ3) is 2.29. The molecule has 0 radical (unpaired) electrons. The first-order valence-electron chi connectivity index (χ1n) is 5.36. The highest BCUT2D eigenvalue weighted by atomic mass is 32.1. The van der Waals surface area contributed by atoms with E-state index in [1.165, 1.54) is 11.3 Å². The number of para-hydroxylation sites is 1. The maximum Gasteiger partial charge on any atom is 0.129 e. The molecule has 3 nitrogen and oxygen atoms in total. The molecule has 1 aromatic carbocycles. The van der Waals surface area contributed by atoms with Crippen molar-refractivity contribution in [2.45, 2.75) is 13.8 Å². The van der Waals surface area contributed by atoms with Crippen molar-refractivity contribution < 1.29 is 4.74 Å². The average molecular weight is 244 g/mol. The van der Waals surface area contributed by atoms with E-state index >= 15 is 0 Å². The SMILES string of the molecule is CCOc1ccccc1-c1nc(C)c(C#N)s1. The van der Waals surface area contributed by atoms with Gasteiger partial charge in [0.1, 0.15) is 21.7 Å². The number of hydrogen-bond acceptors (Lipinski definition) is 4. The number of aryl methyl sites for hydroxylation is 1. The van der Waals surface area contributed by atoms with Crippen molar-refractivity contribution in [2.75, 3.05) is 6.61 Å².